The number of furan rings is 1. The van der Waals surface area contributed by atoms with E-state index in [9.17, 15) is 17.6 Å². The maximum atomic E-state index is 14.0. The number of rotatable bonds is 4. The Labute approximate surface area is 153 Å². The van der Waals surface area contributed by atoms with Crippen LogP contribution in [0.5, 0.6) is 0 Å². The first-order valence-corrected chi connectivity index (χ1v) is 8.30. The summed E-state index contributed by atoms with van der Waals surface area (Å²) >= 11 is 0.386. The minimum absolute atomic E-state index is 0.0181. The second-order valence-corrected chi connectivity index (χ2v) is 6.18. The molecule has 27 heavy (non-hydrogen) atoms. The predicted molar refractivity (Wildman–Crippen MR) is 87.3 cm³/mol. The molecule has 5 nitrogen and oxygen atoms in total. The summed E-state index contributed by atoms with van der Waals surface area (Å²) in [4.78, 5) is 1.64. The molecule has 0 aliphatic heterocycles. The SMILES string of the molecule is Fc1nc(F)c(F)c(Sc2nnc(-c3ccco3)n2-c2ccccc2)c1F. The first-order chi connectivity index (χ1) is 13.1. The molecule has 3 aromatic heterocycles. The first-order valence-electron chi connectivity index (χ1n) is 7.49. The lowest BCUT2D eigenvalue weighted by Crippen LogP contribution is -2.04. The zero-order chi connectivity index (χ0) is 19.0. The van der Waals surface area contributed by atoms with E-state index < -0.39 is 28.4 Å². The highest BCUT2D eigenvalue weighted by Crippen LogP contribution is 2.35. The van der Waals surface area contributed by atoms with Crippen molar-refractivity contribution in [3.8, 4) is 17.3 Å². The lowest BCUT2D eigenvalue weighted by Gasteiger charge is -2.10. The molecule has 0 unspecified atom stereocenters. The summed E-state index contributed by atoms with van der Waals surface area (Å²) in [5.41, 5.74) is 0.562. The molecule has 4 rings (SSSR count). The van der Waals surface area contributed by atoms with E-state index in [1.54, 1.807) is 42.5 Å². The Hall–Kier alpha value is -3.14. The van der Waals surface area contributed by atoms with Gasteiger partial charge in [0.15, 0.2) is 17.4 Å². The molecule has 0 amide bonds. The number of nitrogens with zero attached hydrogens (tertiary/aromatic N) is 4. The Bertz CT molecular complexity index is 1070. The molecule has 0 bridgehead atoms. The minimum atomic E-state index is -1.74. The molecule has 0 spiro atoms. The molecule has 10 heteroatoms. The zero-order valence-corrected chi connectivity index (χ0v) is 14.1. The van der Waals surface area contributed by atoms with E-state index in [0.717, 1.165) is 0 Å². The van der Waals surface area contributed by atoms with Crippen LogP contribution < -0.4 is 0 Å². The van der Waals surface area contributed by atoms with Crippen LogP contribution >= 0.6 is 11.8 Å². The van der Waals surface area contributed by atoms with E-state index in [1.165, 1.54) is 10.8 Å². The molecule has 1 aromatic carbocycles. The van der Waals surface area contributed by atoms with E-state index in [1.807, 2.05) is 0 Å². The Balaban J connectivity index is 1.88. The zero-order valence-electron chi connectivity index (χ0n) is 13.2. The van der Waals surface area contributed by atoms with Gasteiger partial charge in [-0.15, -0.1) is 10.2 Å². The van der Waals surface area contributed by atoms with E-state index >= 15 is 0 Å². The lowest BCUT2D eigenvalue weighted by molar-refractivity contribution is 0.383. The molecule has 3 heterocycles. The van der Waals surface area contributed by atoms with Gasteiger partial charge in [-0.25, -0.2) is 8.78 Å². The second-order valence-electron chi connectivity index (χ2n) is 5.21. The number of hydrogen-bond donors (Lipinski definition) is 0. The summed E-state index contributed by atoms with van der Waals surface area (Å²) in [7, 11) is 0. The number of halogens is 4. The standard InChI is InChI=1S/C17H8F4N4OS/c18-11-13(12(19)15(21)22-14(11)20)27-17-24-23-16(10-7-4-8-26-10)25(17)9-5-2-1-3-6-9/h1-8H. The average molecular weight is 392 g/mol. The monoisotopic (exact) mass is 392 g/mol. The number of pyridine rings is 1. The van der Waals surface area contributed by atoms with Gasteiger partial charge in [-0.1, -0.05) is 18.2 Å². The predicted octanol–water partition coefficient (Wildman–Crippen LogP) is 4.63. The summed E-state index contributed by atoms with van der Waals surface area (Å²) in [5.74, 6) is -6.10. The molecule has 4 aromatic rings. The van der Waals surface area contributed by atoms with Crippen molar-refractivity contribution in [1.82, 2.24) is 19.7 Å². The third kappa shape index (κ3) is 3.08. The number of benzene rings is 1. The Morgan fingerprint density at radius 1 is 0.852 bits per heavy atom. The van der Waals surface area contributed by atoms with Crippen LogP contribution in [0.1, 0.15) is 0 Å². The summed E-state index contributed by atoms with van der Waals surface area (Å²) in [6.07, 6.45) is 1.43. The van der Waals surface area contributed by atoms with E-state index in [2.05, 4.69) is 15.2 Å². The van der Waals surface area contributed by atoms with Gasteiger partial charge in [0.25, 0.3) is 11.9 Å². The fraction of sp³-hybridized carbons (Fsp3) is 0. The van der Waals surface area contributed by atoms with Crippen LogP contribution in [-0.2, 0) is 0 Å². The van der Waals surface area contributed by atoms with Gasteiger partial charge in [0.1, 0.15) is 0 Å². The maximum absolute atomic E-state index is 14.0. The average Bonchev–Trinajstić information content (AvgIpc) is 3.34. The lowest BCUT2D eigenvalue weighted by atomic mass is 10.3. The summed E-state index contributed by atoms with van der Waals surface area (Å²) in [6.45, 7) is 0. The normalized spacial score (nSPS) is 11.1. The second kappa shape index (κ2) is 6.88. The fourth-order valence-electron chi connectivity index (χ4n) is 2.36. The third-order valence-electron chi connectivity index (χ3n) is 3.54. The summed E-state index contributed by atoms with van der Waals surface area (Å²) in [6, 6.07) is 11.9. The smallest absolute Gasteiger partial charge is 0.252 e. The van der Waals surface area contributed by atoms with Gasteiger partial charge in [-0.05, 0) is 36.0 Å². The quantitative estimate of drug-likeness (QED) is 0.374. The van der Waals surface area contributed by atoms with Gasteiger partial charge >= 0.3 is 0 Å². The highest BCUT2D eigenvalue weighted by Gasteiger charge is 2.25. The van der Waals surface area contributed by atoms with Crippen molar-refractivity contribution in [3.63, 3.8) is 0 Å². The van der Waals surface area contributed by atoms with Gasteiger partial charge in [-0.2, -0.15) is 13.8 Å². The number of para-hydroxylation sites is 1. The minimum Gasteiger partial charge on any atom is -0.461 e. The molecule has 0 radical (unpaired) electrons. The molecule has 0 saturated carbocycles. The number of hydrogen-bond acceptors (Lipinski definition) is 5. The van der Waals surface area contributed by atoms with Crippen molar-refractivity contribution in [2.75, 3.05) is 0 Å². The maximum Gasteiger partial charge on any atom is 0.252 e. The van der Waals surface area contributed by atoms with E-state index in [-0.39, 0.29) is 11.0 Å². The van der Waals surface area contributed by atoms with Gasteiger partial charge < -0.3 is 4.42 Å². The van der Waals surface area contributed by atoms with Crippen LogP contribution in [0.4, 0.5) is 17.6 Å². The topological polar surface area (TPSA) is 56.7 Å². The van der Waals surface area contributed by atoms with E-state index in [0.29, 0.717) is 23.2 Å². The van der Waals surface area contributed by atoms with Gasteiger partial charge in [-0.3, -0.25) is 4.57 Å². The molecule has 0 aliphatic rings. The molecule has 136 valence electrons. The van der Waals surface area contributed by atoms with Crippen LogP contribution in [0.2, 0.25) is 0 Å². The molecular formula is C17H8F4N4OS. The number of aromatic nitrogens is 4. The molecule has 0 atom stereocenters. The molecule has 0 saturated heterocycles. The Morgan fingerprint density at radius 2 is 1.56 bits per heavy atom. The van der Waals surface area contributed by atoms with Crippen LogP contribution in [0, 0.1) is 23.5 Å². The van der Waals surface area contributed by atoms with Gasteiger partial charge in [0.2, 0.25) is 11.0 Å². The first kappa shape index (κ1) is 17.3. The van der Waals surface area contributed by atoms with Gasteiger partial charge in [0, 0.05) is 5.69 Å². The highest BCUT2D eigenvalue weighted by atomic mass is 32.2. The molecule has 0 fully saturated rings. The van der Waals surface area contributed by atoms with Crippen molar-refractivity contribution in [2.24, 2.45) is 0 Å². The van der Waals surface area contributed by atoms with E-state index in [4.69, 9.17) is 4.42 Å². The van der Waals surface area contributed by atoms with Crippen molar-refractivity contribution in [1.29, 1.82) is 0 Å². The van der Waals surface area contributed by atoms with Crippen LogP contribution in [0.3, 0.4) is 0 Å². The third-order valence-corrected chi connectivity index (χ3v) is 4.55. The summed E-state index contributed by atoms with van der Waals surface area (Å²) < 4.78 is 61.6. The Morgan fingerprint density at radius 3 is 2.19 bits per heavy atom. The highest BCUT2D eigenvalue weighted by molar-refractivity contribution is 7.99. The van der Waals surface area contributed by atoms with Crippen LogP contribution in [0.15, 0.2) is 63.2 Å². The van der Waals surface area contributed by atoms with Gasteiger partial charge in [0.05, 0.1) is 11.2 Å². The summed E-state index contributed by atoms with van der Waals surface area (Å²) in [5, 5.41) is 7.87. The van der Waals surface area contributed by atoms with Crippen molar-refractivity contribution in [2.45, 2.75) is 10.1 Å². The van der Waals surface area contributed by atoms with Crippen molar-refractivity contribution < 1.29 is 22.0 Å². The van der Waals surface area contributed by atoms with Crippen molar-refractivity contribution >= 4 is 11.8 Å². The molecule has 0 aliphatic carbocycles. The molecule has 0 N–H and O–H groups in total. The Kier molecular flexibility index (Phi) is 4.40. The largest absolute Gasteiger partial charge is 0.461 e. The van der Waals surface area contributed by atoms with Crippen LogP contribution in [0.25, 0.3) is 17.3 Å². The molecular weight excluding hydrogens is 384 g/mol. The van der Waals surface area contributed by atoms with Crippen molar-refractivity contribution in [3.05, 3.63) is 72.3 Å². The van der Waals surface area contributed by atoms with Crippen LogP contribution in [-0.4, -0.2) is 19.7 Å². The fourth-order valence-corrected chi connectivity index (χ4v) is 3.26.